The topological polar surface area (TPSA) is 35.5 Å². The summed E-state index contributed by atoms with van der Waals surface area (Å²) >= 11 is 0. The second-order valence-electron chi connectivity index (χ2n) is 7.90. The number of rotatable bonds is 9. The molecular weight excluding hydrogens is 308 g/mol. The summed E-state index contributed by atoms with van der Waals surface area (Å²) in [6.45, 7) is 19.1. The van der Waals surface area contributed by atoms with E-state index in [4.69, 9.17) is 8.85 Å². The lowest BCUT2D eigenvalue weighted by Gasteiger charge is -2.38. The number of hydrogen-bond donors (Lipinski definition) is 0. The molecule has 0 aromatic rings. The zero-order valence-corrected chi connectivity index (χ0v) is 18.1. The van der Waals surface area contributed by atoms with Crippen LogP contribution in [0, 0.1) is 5.92 Å². The molecule has 0 bridgehead atoms. The third kappa shape index (κ3) is 6.96. The van der Waals surface area contributed by atoms with E-state index in [9.17, 15) is 4.79 Å². The van der Waals surface area contributed by atoms with Gasteiger partial charge in [-0.15, -0.1) is 0 Å². The van der Waals surface area contributed by atoms with Crippen molar-refractivity contribution in [3.8, 4) is 0 Å². The molecule has 0 spiro atoms. The molecule has 22 heavy (non-hydrogen) atoms. The number of carbonyl (C=O) groups is 1. The second kappa shape index (κ2) is 9.23. The fourth-order valence-corrected chi connectivity index (χ4v) is 8.03. The van der Waals surface area contributed by atoms with Crippen molar-refractivity contribution < 1.29 is 13.6 Å². The molecule has 0 heterocycles. The van der Waals surface area contributed by atoms with Crippen LogP contribution in [0.3, 0.4) is 0 Å². The molecule has 5 heteroatoms. The van der Waals surface area contributed by atoms with E-state index in [-0.39, 0.29) is 17.5 Å². The van der Waals surface area contributed by atoms with Gasteiger partial charge in [0.25, 0.3) is 14.3 Å². The van der Waals surface area contributed by atoms with Crippen LogP contribution in [0.4, 0.5) is 0 Å². The fraction of sp³-hybridized carbons (Fsp3) is 0.941. The quantitative estimate of drug-likeness (QED) is 0.540. The molecule has 0 saturated heterocycles. The van der Waals surface area contributed by atoms with E-state index in [1.54, 1.807) is 0 Å². The maximum absolute atomic E-state index is 12.6. The summed E-state index contributed by atoms with van der Waals surface area (Å²) in [5.41, 5.74) is 0.771. The summed E-state index contributed by atoms with van der Waals surface area (Å²) in [5, 5.41) is 0. The van der Waals surface area contributed by atoms with Crippen LogP contribution < -0.4 is 0 Å². The normalized spacial score (nSPS) is 14.5. The predicted molar refractivity (Wildman–Crippen MR) is 97.7 cm³/mol. The summed E-state index contributed by atoms with van der Waals surface area (Å²) in [7, 11) is -1.69. The van der Waals surface area contributed by atoms with Gasteiger partial charge < -0.3 is 8.85 Å². The van der Waals surface area contributed by atoms with Crippen molar-refractivity contribution in [2.45, 2.75) is 97.5 Å². The third-order valence-electron chi connectivity index (χ3n) is 4.06. The first-order chi connectivity index (χ1) is 9.96. The van der Waals surface area contributed by atoms with E-state index in [1.807, 2.05) is 27.7 Å². The summed E-state index contributed by atoms with van der Waals surface area (Å²) in [6.07, 6.45) is 1.08. The van der Waals surface area contributed by atoms with E-state index in [0.717, 1.165) is 18.5 Å². The van der Waals surface area contributed by atoms with Gasteiger partial charge in [0.2, 0.25) is 9.76 Å². The van der Waals surface area contributed by atoms with Crippen molar-refractivity contribution in [1.29, 1.82) is 0 Å². The van der Waals surface area contributed by atoms with Crippen LogP contribution in [0.15, 0.2) is 0 Å². The molecule has 2 radical (unpaired) electrons. The standard InChI is InChI=1S/C17H36O3Si2/c1-10-11-22(13(2)3,14(4)5)19-16(18)15(6)12-21-20-17(7,8)9/h13-15H,10-12H2,1-9H3. The molecule has 0 N–H and O–H groups in total. The highest BCUT2D eigenvalue weighted by Gasteiger charge is 2.44. The Morgan fingerprint density at radius 3 is 1.95 bits per heavy atom. The lowest BCUT2D eigenvalue weighted by atomic mass is 10.2. The maximum Gasteiger partial charge on any atom is 0.295 e. The minimum absolute atomic E-state index is 0.0208. The molecule has 0 aliphatic rings. The van der Waals surface area contributed by atoms with Crippen molar-refractivity contribution in [3.05, 3.63) is 0 Å². The number of hydrogen-bond acceptors (Lipinski definition) is 3. The third-order valence-corrected chi connectivity index (χ3v) is 11.4. The van der Waals surface area contributed by atoms with Crippen LogP contribution in [-0.4, -0.2) is 29.7 Å². The van der Waals surface area contributed by atoms with Crippen LogP contribution in [0.1, 0.15) is 68.7 Å². The smallest absolute Gasteiger partial charge is 0.295 e. The highest BCUT2D eigenvalue weighted by atomic mass is 28.4. The van der Waals surface area contributed by atoms with Gasteiger partial charge in [0, 0.05) is 5.60 Å². The van der Waals surface area contributed by atoms with Crippen molar-refractivity contribution in [2.24, 2.45) is 5.92 Å². The molecular formula is C17H36O3Si2. The van der Waals surface area contributed by atoms with Crippen LogP contribution in [-0.2, 0) is 13.6 Å². The molecule has 1 unspecified atom stereocenters. The van der Waals surface area contributed by atoms with Gasteiger partial charge in [0.15, 0.2) is 0 Å². The maximum atomic E-state index is 12.6. The molecule has 0 aromatic carbocycles. The Hall–Kier alpha value is -0.136. The van der Waals surface area contributed by atoms with Gasteiger partial charge in [0.1, 0.15) is 0 Å². The largest absolute Gasteiger partial charge is 0.518 e. The van der Waals surface area contributed by atoms with Gasteiger partial charge in [-0.05, 0) is 43.9 Å². The minimum Gasteiger partial charge on any atom is -0.518 e. The average Bonchev–Trinajstić information content (AvgIpc) is 2.35. The Balaban J connectivity index is 4.75. The molecule has 3 nitrogen and oxygen atoms in total. The first-order valence-electron chi connectivity index (χ1n) is 8.60. The van der Waals surface area contributed by atoms with Crippen LogP contribution in [0.2, 0.25) is 23.2 Å². The van der Waals surface area contributed by atoms with Crippen molar-refractivity contribution in [2.75, 3.05) is 0 Å². The van der Waals surface area contributed by atoms with E-state index < -0.39 is 8.32 Å². The van der Waals surface area contributed by atoms with Crippen molar-refractivity contribution >= 4 is 24.0 Å². The Labute approximate surface area is 141 Å². The highest BCUT2D eigenvalue weighted by molar-refractivity contribution is 6.77. The van der Waals surface area contributed by atoms with E-state index in [0.29, 0.717) is 20.8 Å². The molecule has 1 atom stereocenters. The van der Waals surface area contributed by atoms with Crippen LogP contribution in [0.5, 0.6) is 0 Å². The summed E-state index contributed by atoms with van der Waals surface area (Å²) in [4.78, 5) is 12.6. The lowest BCUT2D eigenvalue weighted by Crippen LogP contribution is -2.47. The molecule has 0 fully saturated rings. The summed E-state index contributed by atoms with van der Waals surface area (Å²) in [6, 6.07) is 1.81. The monoisotopic (exact) mass is 344 g/mol. The molecule has 0 aliphatic carbocycles. The molecule has 0 aromatic heterocycles. The van der Waals surface area contributed by atoms with Gasteiger partial charge in [0.05, 0.1) is 5.92 Å². The van der Waals surface area contributed by atoms with E-state index >= 15 is 0 Å². The zero-order valence-electron chi connectivity index (χ0n) is 16.1. The molecule has 0 saturated carbocycles. The highest BCUT2D eigenvalue weighted by Crippen LogP contribution is 2.38. The predicted octanol–water partition coefficient (Wildman–Crippen LogP) is 5.19. The SMILES string of the molecule is CCC[Si](OC(=O)C(C)C[Si]OC(C)(C)C)(C(C)C)C(C)C. The van der Waals surface area contributed by atoms with Gasteiger partial charge in [-0.1, -0.05) is 48.0 Å². The van der Waals surface area contributed by atoms with Gasteiger partial charge in [-0.25, -0.2) is 0 Å². The Morgan fingerprint density at radius 2 is 1.59 bits per heavy atom. The van der Waals surface area contributed by atoms with Gasteiger partial charge in [-0.2, -0.15) is 0 Å². The van der Waals surface area contributed by atoms with Crippen LogP contribution in [0.25, 0.3) is 0 Å². The Morgan fingerprint density at radius 1 is 1.09 bits per heavy atom. The first kappa shape index (κ1) is 21.9. The molecule has 0 aliphatic heterocycles. The minimum atomic E-state index is -2.04. The zero-order chi connectivity index (χ0) is 17.6. The molecule has 0 amide bonds. The van der Waals surface area contributed by atoms with Crippen molar-refractivity contribution in [1.82, 2.24) is 0 Å². The van der Waals surface area contributed by atoms with Gasteiger partial charge >= 0.3 is 0 Å². The molecule has 0 rings (SSSR count). The fourth-order valence-electron chi connectivity index (χ4n) is 2.68. The second-order valence-corrected chi connectivity index (χ2v) is 13.7. The van der Waals surface area contributed by atoms with E-state index in [1.165, 1.54) is 0 Å². The first-order valence-corrected chi connectivity index (χ1v) is 12.0. The summed E-state index contributed by atoms with van der Waals surface area (Å²) < 4.78 is 11.9. The number of carbonyl (C=O) groups excluding carboxylic acids is 1. The summed E-state index contributed by atoms with van der Waals surface area (Å²) in [5.74, 6) is -0.102. The lowest BCUT2D eigenvalue weighted by molar-refractivity contribution is -0.139. The average molecular weight is 345 g/mol. The Bertz CT molecular complexity index is 327. The molecule has 130 valence electrons. The van der Waals surface area contributed by atoms with Crippen molar-refractivity contribution in [3.63, 3.8) is 0 Å². The Kier molecular flexibility index (Phi) is 9.17. The van der Waals surface area contributed by atoms with E-state index in [2.05, 4.69) is 34.6 Å². The van der Waals surface area contributed by atoms with Crippen LogP contribution >= 0.6 is 0 Å². The van der Waals surface area contributed by atoms with Gasteiger partial charge in [-0.3, -0.25) is 4.79 Å².